The highest BCUT2D eigenvalue weighted by atomic mass is 79.9. The van der Waals surface area contributed by atoms with Gasteiger partial charge in [-0.15, -0.1) is 0 Å². The summed E-state index contributed by atoms with van der Waals surface area (Å²) in [7, 11) is 0. The van der Waals surface area contributed by atoms with Crippen LogP contribution >= 0.6 is 15.9 Å². The summed E-state index contributed by atoms with van der Waals surface area (Å²) in [5.74, 6) is -1.52. The summed E-state index contributed by atoms with van der Waals surface area (Å²) in [6, 6.07) is 6.57. The zero-order valence-electron chi connectivity index (χ0n) is 12.9. The number of nitrogens with zero attached hydrogens (tertiary/aromatic N) is 3. The van der Waals surface area contributed by atoms with Crippen LogP contribution in [0.5, 0.6) is 0 Å². The number of benzene rings is 1. The molecule has 8 nitrogen and oxygen atoms in total. The maximum Gasteiger partial charge on any atom is 0.343 e. The Bertz CT molecular complexity index is 936. The minimum atomic E-state index is -1.29. The number of carboxylic acid groups (broad SMARTS) is 1. The summed E-state index contributed by atoms with van der Waals surface area (Å²) in [5.41, 5.74) is 0.489. The van der Waals surface area contributed by atoms with E-state index in [-0.39, 0.29) is 17.1 Å². The summed E-state index contributed by atoms with van der Waals surface area (Å²) in [6.07, 6.45) is 2.87. The van der Waals surface area contributed by atoms with Crippen LogP contribution < -0.4 is 5.32 Å². The minimum absolute atomic E-state index is 0.0404. The van der Waals surface area contributed by atoms with Gasteiger partial charge < -0.3 is 9.63 Å². The van der Waals surface area contributed by atoms with Crippen LogP contribution in [0.1, 0.15) is 26.5 Å². The van der Waals surface area contributed by atoms with E-state index in [2.05, 4.69) is 36.4 Å². The molecule has 0 atom stereocenters. The third-order valence-electron chi connectivity index (χ3n) is 3.29. The Kier molecular flexibility index (Phi) is 4.57. The monoisotopic (exact) mass is 402 g/mol. The molecule has 2 N–H and O–H groups in total. The van der Waals surface area contributed by atoms with E-state index >= 15 is 0 Å². The number of carbonyl (C=O) groups excluding carboxylic acids is 1. The van der Waals surface area contributed by atoms with Gasteiger partial charge >= 0.3 is 5.97 Å². The predicted molar refractivity (Wildman–Crippen MR) is 91.3 cm³/mol. The molecular formula is C16H11BrN4O4. The zero-order chi connectivity index (χ0) is 18.0. The van der Waals surface area contributed by atoms with Gasteiger partial charge in [-0.2, -0.15) is 0 Å². The summed E-state index contributed by atoms with van der Waals surface area (Å²) in [4.78, 5) is 31.9. The summed E-state index contributed by atoms with van der Waals surface area (Å²) in [5, 5.41) is 15.6. The van der Waals surface area contributed by atoms with Crippen LogP contribution in [0.3, 0.4) is 0 Å². The van der Waals surface area contributed by atoms with Crippen molar-refractivity contribution >= 4 is 33.7 Å². The van der Waals surface area contributed by atoms with E-state index in [9.17, 15) is 14.7 Å². The van der Waals surface area contributed by atoms with Crippen molar-refractivity contribution < 1.29 is 19.2 Å². The molecular weight excluding hydrogens is 392 g/mol. The normalized spacial score (nSPS) is 10.5. The molecule has 3 rings (SSSR count). The maximum atomic E-state index is 12.3. The van der Waals surface area contributed by atoms with Crippen molar-refractivity contribution in [1.29, 1.82) is 0 Å². The molecule has 126 valence electrons. The van der Waals surface area contributed by atoms with Gasteiger partial charge in [-0.1, -0.05) is 21.1 Å². The molecule has 0 aliphatic carbocycles. The van der Waals surface area contributed by atoms with Crippen molar-refractivity contribution in [3.8, 4) is 11.3 Å². The quantitative estimate of drug-likeness (QED) is 0.687. The van der Waals surface area contributed by atoms with Gasteiger partial charge in [-0.25, -0.2) is 14.8 Å². The van der Waals surface area contributed by atoms with Gasteiger partial charge in [0.2, 0.25) is 5.88 Å². The van der Waals surface area contributed by atoms with Crippen molar-refractivity contribution in [3.63, 3.8) is 0 Å². The van der Waals surface area contributed by atoms with Gasteiger partial charge in [0.15, 0.2) is 5.56 Å². The lowest BCUT2D eigenvalue weighted by Gasteiger charge is -2.03. The fraction of sp³-hybridized carbons (Fsp3) is 0.0625. The molecule has 1 amide bonds. The SMILES string of the molecule is Cc1ncc(-c2noc(NC(=O)c3ccc(Br)cc3)c2C(=O)O)cn1. The Hall–Kier alpha value is -3.07. The van der Waals surface area contributed by atoms with E-state index in [1.165, 1.54) is 12.4 Å². The zero-order valence-corrected chi connectivity index (χ0v) is 14.4. The number of carbonyl (C=O) groups is 2. The predicted octanol–water partition coefficient (Wildman–Crippen LogP) is 3.15. The third-order valence-corrected chi connectivity index (χ3v) is 3.82. The van der Waals surface area contributed by atoms with Gasteiger partial charge in [0.05, 0.1) is 0 Å². The number of amides is 1. The van der Waals surface area contributed by atoms with Gasteiger partial charge in [0.25, 0.3) is 5.91 Å². The lowest BCUT2D eigenvalue weighted by molar-refractivity contribution is 0.0698. The average molecular weight is 403 g/mol. The Morgan fingerprint density at radius 3 is 2.40 bits per heavy atom. The first-order chi connectivity index (χ1) is 12.0. The van der Waals surface area contributed by atoms with Crippen molar-refractivity contribution in [3.05, 3.63) is 58.1 Å². The van der Waals surface area contributed by atoms with E-state index in [1.807, 2.05) is 0 Å². The van der Waals surface area contributed by atoms with Gasteiger partial charge in [-0.05, 0) is 31.2 Å². The number of carboxylic acids is 1. The molecule has 0 aliphatic rings. The third kappa shape index (κ3) is 3.56. The van der Waals surface area contributed by atoms with Crippen molar-refractivity contribution in [1.82, 2.24) is 15.1 Å². The number of nitrogens with one attached hydrogen (secondary N) is 1. The Balaban J connectivity index is 1.94. The van der Waals surface area contributed by atoms with Crippen LogP contribution in [0.15, 0.2) is 45.7 Å². The Morgan fingerprint density at radius 1 is 1.16 bits per heavy atom. The van der Waals surface area contributed by atoms with Crippen LogP contribution in [0.2, 0.25) is 0 Å². The average Bonchev–Trinajstić information content (AvgIpc) is 3.00. The maximum absolute atomic E-state index is 12.3. The first-order valence-electron chi connectivity index (χ1n) is 7.04. The fourth-order valence-electron chi connectivity index (χ4n) is 2.06. The molecule has 2 aromatic heterocycles. The van der Waals surface area contributed by atoms with Crippen molar-refractivity contribution in [2.45, 2.75) is 6.92 Å². The molecule has 0 saturated heterocycles. The molecule has 25 heavy (non-hydrogen) atoms. The number of hydrogen-bond donors (Lipinski definition) is 2. The van der Waals surface area contributed by atoms with Gasteiger partial charge in [0, 0.05) is 28.0 Å². The standard InChI is InChI=1S/C16H11BrN4O4/c1-8-18-6-10(7-19-8)13-12(16(23)24)15(25-21-13)20-14(22)9-2-4-11(17)5-3-9/h2-7H,1H3,(H,20,22)(H,23,24). The highest BCUT2D eigenvalue weighted by Crippen LogP contribution is 2.28. The second-order valence-electron chi connectivity index (χ2n) is 5.02. The van der Waals surface area contributed by atoms with E-state index < -0.39 is 11.9 Å². The van der Waals surface area contributed by atoms with Crippen LogP contribution in [0.4, 0.5) is 5.88 Å². The van der Waals surface area contributed by atoms with Crippen LogP contribution in [0, 0.1) is 6.92 Å². The van der Waals surface area contributed by atoms with E-state index in [0.29, 0.717) is 17.0 Å². The summed E-state index contributed by atoms with van der Waals surface area (Å²) < 4.78 is 5.85. The molecule has 0 unspecified atom stereocenters. The minimum Gasteiger partial charge on any atom is -0.477 e. The van der Waals surface area contributed by atoms with E-state index in [0.717, 1.165) is 4.47 Å². The van der Waals surface area contributed by atoms with Crippen LogP contribution in [-0.2, 0) is 0 Å². The van der Waals surface area contributed by atoms with E-state index in [4.69, 9.17) is 4.52 Å². The Morgan fingerprint density at radius 2 is 1.80 bits per heavy atom. The van der Waals surface area contributed by atoms with Crippen molar-refractivity contribution in [2.75, 3.05) is 5.32 Å². The Labute approximate surface area is 150 Å². The molecule has 9 heteroatoms. The molecule has 1 aromatic carbocycles. The van der Waals surface area contributed by atoms with Crippen LogP contribution in [0.25, 0.3) is 11.3 Å². The molecule has 3 aromatic rings. The summed E-state index contributed by atoms with van der Waals surface area (Å²) >= 11 is 3.28. The summed E-state index contributed by atoms with van der Waals surface area (Å²) in [6.45, 7) is 1.70. The molecule has 0 spiro atoms. The second kappa shape index (κ2) is 6.81. The van der Waals surface area contributed by atoms with Crippen LogP contribution in [-0.4, -0.2) is 32.1 Å². The first-order valence-corrected chi connectivity index (χ1v) is 7.84. The highest BCUT2D eigenvalue weighted by molar-refractivity contribution is 9.10. The van der Waals surface area contributed by atoms with Gasteiger partial charge in [-0.3, -0.25) is 10.1 Å². The number of rotatable bonds is 4. The second-order valence-corrected chi connectivity index (χ2v) is 5.94. The molecule has 0 bridgehead atoms. The van der Waals surface area contributed by atoms with E-state index in [1.54, 1.807) is 31.2 Å². The van der Waals surface area contributed by atoms with Gasteiger partial charge in [0.1, 0.15) is 11.5 Å². The number of aromatic nitrogens is 3. The number of anilines is 1. The molecule has 0 saturated carbocycles. The fourth-order valence-corrected chi connectivity index (χ4v) is 2.33. The largest absolute Gasteiger partial charge is 0.477 e. The smallest absolute Gasteiger partial charge is 0.343 e. The molecule has 0 aliphatic heterocycles. The molecule has 0 fully saturated rings. The molecule has 2 heterocycles. The number of aromatic carboxylic acids is 1. The molecule has 0 radical (unpaired) electrons. The number of halogens is 1. The first kappa shape index (κ1) is 16.8. The highest BCUT2D eigenvalue weighted by Gasteiger charge is 2.25. The lowest BCUT2D eigenvalue weighted by atomic mass is 10.1. The lowest BCUT2D eigenvalue weighted by Crippen LogP contribution is -2.13. The topological polar surface area (TPSA) is 118 Å². The van der Waals surface area contributed by atoms with Crippen molar-refractivity contribution in [2.24, 2.45) is 0 Å². The number of aryl methyl sites for hydroxylation is 1. The number of hydrogen-bond acceptors (Lipinski definition) is 6.